The summed E-state index contributed by atoms with van der Waals surface area (Å²) in [5.41, 5.74) is 2.15. The predicted molar refractivity (Wildman–Crippen MR) is 306 cm³/mol. The van der Waals surface area contributed by atoms with E-state index in [1.54, 1.807) is 42.5 Å². The summed E-state index contributed by atoms with van der Waals surface area (Å²) in [5.74, 6) is -3.41. The van der Waals surface area contributed by atoms with Crippen LogP contribution >= 0.6 is 14.3 Å². The zero-order valence-electron chi connectivity index (χ0n) is 42.3. The number of aryl methyl sites for hydroxylation is 2. The van der Waals surface area contributed by atoms with Gasteiger partial charge in [0, 0.05) is 104 Å². The van der Waals surface area contributed by atoms with Crippen LogP contribution in [0.3, 0.4) is 0 Å². The van der Waals surface area contributed by atoms with E-state index in [0.717, 1.165) is 58.9 Å². The van der Waals surface area contributed by atoms with Crippen molar-refractivity contribution in [2.24, 2.45) is 0 Å². The minimum atomic E-state index is -5.34. The van der Waals surface area contributed by atoms with E-state index in [4.69, 9.17) is 0 Å². The largest absolute Gasteiger partial charge is 0.506 e. The first-order chi connectivity index (χ1) is 36.5. The Hall–Kier alpha value is -6.97. The van der Waals surface area contributed by atoms with Gasteiger partial charge in [-0.2, -0.15) is 13.2 Å². The van der Waals surface area contributed by atoms with Crippen molar-refractivity contribution in [2.45, 2.75) is 26.9 Å². The molecule has 10 rings (SSSR count). The molecule has 7 nitrogen and oxygen atoms in total. The Kier molecular flexibility index (Phi) is 19.1. The number of hydrogen-bond acceptors (Lipinski definition) is 6. The number of carbonyl (C=O) groups is 1. The number of hydrogen-bond donors (Lipinski definition) is 1. The van der Waals surface area contributed by atoms with E-state index in [1.807, 2.05) is 226 Å². The first-order valence-corrected chi connectivity index (χ1v) is 27.6. The maximum atomic E-state index is 13.8. The molecule has 0 spiro atoms. The zero-order chi connectivity index (χ0) is 54.0. The van der Waals surface area contributed by atoms with Gasteiger partial charge in [-0.1, -0.05) is 212 Å². The smallest absolute Gasteiger partial charge is 0.455 e. The summed E-state index contributed by atoms with van der Waals surface area (Å²) in [7, 11) is -5.47. The number of aromatic nitrogens is 1. The quantitative estimate of drug-likeness (QED) is 0.102. The van der Waals surface area contributed by atoms with Gasteiger partial charge in [0.25, 0.3) is 11.3 Å². The molecule has 9 aromatic carbocycles. The molecule has 77 heavy (non-hydrogen) atoms. The average molecular weight is 1200 g/mol. The van der Waals surface area contributed by atoms with Crippen molar-refractivity contribution in [2.75, 3.05) is 4.90 Å². The number of alkyl halides is 3. The predicted octanol–water partition coefficient (Wildman–Crippen LogP) is 14.4. The fourth-order valence-corrected chi connectivity index (χ4v) is 13.8. The van der Waals surface area contributed by atoms with Crippen molar-refractivity contribution < 1.29 is 81.6 Å². The van der Waals surface area contributed by atoms with E-state index in [0.29, 0.717) is 5.69 Å². The van der Waals surface area contributed by atoms with E-state index < -0.39 is 43.1 Å². The van der Waals surface area contributed by atoms with Crippen LogP contribution in [-0.4, -0.2) is 21.6 Å². The third kappa shape index (κ3) is 12.7. The number of pyridine rings is 1. The summed E-state index contributed by atoms with van der Waals surface area (Å²) >= 11 is 0. The Morgan fingerprint density at radius 1 is 0.519 bits per heavy atom. The van der Waals surface area contributed by atoms with Crippen LogP contribution < -0.4 is 37.0 Å². The van der Waals surface area contributed by atoms with Crippen LogP contribution in [0.25, 0.3) is 16.6 Å². The van der Waals surface area contributed by atoms with Gasteiger partial charge in [-0.3, -0.25) is 14.2 Å². The minimum Gasteiger partial charge on any atom is -0.506 e. The summed E-state index contributed by atoms with van der Waals surface area (Å²) in [6, 6.07) is 76.5. The van der Waals surface area contributed by atoms with E-state index in [1.165, 1.54) is 6.07 Å². The van der Waals surface area contributed by atoms with E-state index >= 15 is 0 Å². The van der Waals surface area contributed by atoms with E-state index in [9.17, 15) is 37.0 Å². The number of nitrogens with zero attached hydrogens (tertiary/aromatic N) is 2. The second-order valence-electron chi connectivity index (χ2n) is 17.9. The van der Waals surface area contributed by atoms with Crippen molar-refractivity contribution in [1.82, 2.24) is 4.57 Å². The second kappa shape index (κ2) is 25.5. The number of allylic oxidation sites excluding steroid dienone is 1. The van der Waals surface area contributed by atoms with Crippen LogP contribution in [0, 0.1) is 63.2 Å². The van der Waals surface area contributed by atoms with E-state index in [2.05, 4.69) is 6.58 Å². The molecule has 1 aromatic heterocycles. The molecule has 10 aromatic rings. The third-order valence-electron chi connectivity index (χ3n) is 12.6. The zero-order valence-corrected chi connectivity index (χ0v) is 46.5. The Morgan fingerprint density at radius 2 is 0.857 bits per heavy atom. The van der Waals surface area contributed by atoms with Crippen molar-refractivity contribution in [3.05, 3.63) is 288 Å². The molecule has 0 saturated carbocycles. The number of fused-ring (bicyclic) bond motifs is 1. The first-order valence-electron chi connectivity index (χ1n) is 24.2. The number of halogens is 3. The maximum absolute atomic E-state index is 13.8. The van der Waals surface area contributed by atoms with Gasteiger partial charge < -0.3 is 19.1 Å². The van der Waals surface area contributed by atoms with Crippen molar-refractivity contribution in [1.29, 1.82) is 0 Å². The van der Waals surface area contributed by atoms with Gasteiger partial charge in [-0.15, -0.1) is 0 Å². The fraction of sp³-hybridized carbons (Fsp3) is 0.0625. The number of Topliss-reactive ketones (excluding diaryl/α,β-unsaturated/α-hetero) is 1. The van der Waals surface area contributed by atoms with Gasteiger partial charge in [-0.05, 0) is 80.7 Å². The summed E-state index contributed by atoms with van der Waals surface area (Å²) < 4.78 is 68.3. The summed E-state index contributed by atoms with van der Waals surface area (Å²) in [6.07, 6.45) is -5.34. The number of aromatic hydroxyl groups is 1. The molecule has 0 fully saturated rings. The number of carbonyl (C=O) groups excluding carboxylic acids is 1. The van der Waals surface area contributed by atoms with Gasteiger partial charge in [-0.25, -0.2) is 0 Å². The molecule has 0 aliphatic carbocycles. The van der Waals surface area contributed by atoms with Gasteiger partial charge in [0.2, 0.25) is 0 Å². The molecule has 0 saturated heterocycles. The SMILES string of the molecule is C=C(C)P(=O)(c1ccccc1)c1ccccc1.Cc1ccc(N(c2ccc(C)cc2)c2ccc3c(O)c(C(=O)C(F)(F)F)c(=O)n(-c4ccccc4)c3c2)cc1.O=P(c1ccccc1)(c1ccccc1)c1ccccc1.[Eu]. The van der Waals surface area contributed by atoms with Gasteiger partial charge in [0.15, 0.2) is 14.3 Å². The normalized spacial score (nSPS) is 11.2. The summed E-state index contributed by atoms with van der Waals surface area (Å²) in [4.78, 5) is 27.6. The summed E-state index contributed by atoms with van der Waals surface area (Å²) in [5, 5.41) is 15.8. The van der Waals surface area contributed by atoms with Gasteiger partial charge in [0.05, 0.1) is 5.52 Å². The van der Waals surface area contributed by atoms with Crippen molar-refractivity contribution in [3.8, 4) is 11.4 Å². The molecule has 1 radical (unpaired) electrons. The van der Waals surface area contributed by atoms with Gasteiger partial charge in [0.1, 0.15) is 11.3 Å². The number of para-hydroxylation sites is 1. The van der Waals surface area contributed by atoms with E-state index in [-0.39, 0.29) is 66.0 Å². The monoisotopic (exact) mass is 1200 g/mol. The number of rotatable bonds is 11. The second-order valence-corrected chi connectivity index (χ2v) is 23.6. The fourth-order valence-electron chi connectivity index (χ4n) is 8.74. The number of ketones is 1. The molecule has 0 aliphatic rings. The molecular formula is C64H53EuF3N2O5P2. The van der Waals surface area contributed by atoms with Crippen molar-refractivity contribution in [3.63, 3.8) is 0 Å². The standard InChI is InChI=1S/C31H23F3N2O3.C18H15OP.C15H15OP.Eu/c1-19-8-12-22(13-9-19)35(23-14-10-20(2)11-15-23)24-16-17-25-26(18-24)36(21-6-4-3-5-7-21)30(39)27(28(25)37)29(38)31(32,33)34;19-20(16-10-4-1-5-11-16,17-12-6-2-7-13-17)18-14-8-3-9-15-18;1-13(2)17(16,14-9-5-3-6-10-14)15-11-7-4-8-12-15;/h3-18,37H,1-2H3;1-15H;3-12H,1H2,2H3;. The molecule has 0 unspecified atom stereocenters. The maximum Gasteiger partial charge on any atom is 0.455 e. The average Bonchev–Trinajstić information content (AvgIpc) is 3.45. The topological polar surface area (TPSA) is 96.7 Å². The molecule has 13 heteroatoms. The van der Waals surface area contributed by atoms with Crippen LogP contribution in [0.4, 0.5) is 30.2 Å². The first kappa shape index (κ1) is 57.7. The minimum absolute atomic E-state index is 0. The van der Waals surface area contributed by atoms with Crippen LogP contribution in [-0.2, 0) is 9.13 Å². The molecule has 1 N–H and O–H groups in total. The van der Waals surface area contributed by atoms with Crippen LogP contribution in [0.1, 0.15) is 28.4 Å². The molecule has 1 heterocycles. The Labute approximate surface area is 487 Å². The number of anilines is 3. The summed E-state index contributed by atoms with van der Waals surface area (Å²) in [6.45, 7) is 9.69. The van der Waals surface area contributed by atoms with Gasteiger partial charge >= 0.3 is 6.18 Å². The Bertz CT molecular complexity index is 3580. The molecule has 0 bridgehead atoms. The molecule has 0 atom stereocenters. The molecular weight excluding hydrogens is 1150 g/mol. The van der Waals surface area contributed by atoms with Crippen LogP contribution in [0.5, 0.6) is 5.75 Å². The third-order valence-corrected chi connectivity index (χ3v) is 18.8. The number of benzene rings is 9. The Balaban J connectivity index is 0.000000189. The molecule has 0 amide bonds. The van der Waals surface area contributed by atoms with Crippen LogP contribution in [0.2, 0.25) is 0 Å². The van der Waals surface area contributed by atoms with Crippen LogP contribution in [0.15, 0.2) is 265 Å². The Morgan fingerprint density at radius 3 is 1.21 bits per heavy atom. The molecule has 387 valence electrons. The van der Waals surface area contributed by atoms with Crippen molar-refractivity contribution >= 4 is 74.6 Å². The molecule has 0 aliphatic heterocycles.